The number of aromatic nitrogens is 4. The van der Waals surface area contributed by atoms with Crippen LogP contribution >= 0.6 is 27.7 Å². The van der Waals surface area contributed by atoms with Crippen LogP contribution in [0.2, 0.25) is 0 Å². The fourth-order valence-corrected chi connectivity index (χ4v) is 4.73. The van der Waals surface area contributed by atoms with Gasteiger partial charge in [0, 0.05) is 15.9 Å². The average molecular weight is 488 g/mol. The second-order valence-corrected chi connectivity index (χ2v) is 8.46. The molecule has 2 N–H and O–H groups in total. The average Bonchev–Trinajstić information content (AvgIpc) is 3.31. The molecule has 5 rings (SSSR count). The number of hydrogen-bond acceptors (Lipinski definition) is 7. The summed E-state index contributed by atoms with van der Waals surface area (Å²) in [7, 11) is 0. The zero-order valence-electron chi connectivity index (χ0n) is 15.5. The summed E-state index contributed by atoms with van der Waals surface area (Å²) in [4.78, 5) is 14.0. The Hall–Kier alpha value is -2.85. The normalized spacial score (nSPS) is 12.6. The summed E-state index contributed by atoms with van der Waals surface area (Å²) in [6.07, 6.45) is 2.03. The first-order valence-electron chi connectivity index (χ1n) is 9.06. The molecule has 3 heterocycles. The van der Waals surface area contributed by atoms with Gasteiger partial charge in [-0.1, -0.05) is 23.9 Å². The molecular weight excluding hydrogens is 473 g/mol. The van der Waals surface area contributed by atoms with Crippen molar-refractivity contribution in [3.05, 3.63) is 58.6 Å². The Labute approximate surface area is 183 Å². The molecular formula is C20H15BrFN5O2S. The van der Waals surface area contributed by atoms with Gasteiger partial charge in [0.25, 0.3) is 0 Å². The number of fused-ring (bicyclic) bond motifs is 2. The third kappa shape index (κ3) is 3.56. The van der Waals surface area contributed by atoms with Crippen LogP contribution in [0.25, 0.3) is 11.2 Å². The van der Waals surface area contributed by atoms with Gasteiger partial charge in [0.2, 0.25) is 6.79 Å². The van der Waals surface area contributed by atoms with Crippen molar-refractivity contribution in [2.45, 2.75) is 23.0 Å². The van der Waals surface area contributed by atoms with Crippen LogP contribution in [-0.4, -0.2) is 26.3 Å². The molecule has 0 saturated carbocycles. The number of aryl methyl sites for hydroxylation is 2. The molecule has 1 aliphatic rings. The van der Waals surface area contributed by atoms with Gasteiger partial charge in [-0.25, -0.2) is 19.3 Å². The molecule has 0 radical (unpaired) electrons. The zero-order valence-corrected chi connectivity index (χ0v) is 17.9. The minimum absolute atomic E-state index is 0.203. The quantitative estimate of drug-likeness (QED) is 0.445. The molecule has 0 saturated heterocycles. The molecule has 7 nitrogen and oxygen atoms in total. The molecule has 152 valence electrons. The second kappa shape index (κ2) is 7.77. The standard InChI is InChI=1S/C20H15BrFN5O2S/c21-13-7-14-15(29-10-28-14)8-16(13)30-20-26-17-18(23)24-9-25-19(17)27(20)5-4-11-2-1-3-12(22)6-11/h1-3,6-9H,4-5,10H2,(H2,23,24,25). The Morgan fingerprint density at radius 2 is 2.00 bits per heavy atom. The van der Waals surface area contributed by atoms with E-state index in [-0.39, 0.29) is 12.6 Å². The van der Waals surface area contributed by atoms with Gasteiger partial charge in [0.1, 0.15) is 12.1 Å². The minimum Gasteiger partial charge on any atom is -0.454 e. The maximum Gasteiger partial charge on any atom is 0.231 e. The largest absolute Gasteiger partial charge is 0.454 e. The molecule has 30 heavy (non-hydrogen) atoms. The molecule has 0 unspecified atom stereocenters. The number of nitrogens with two attached hydrogens (primary N) is 1. The third-order valence-corrected chi connectivity index (χ3v) is 6.64. The van der Waals surface area contributed by atoms with Crippen LogP contribution in [0.3, 0.4) is 0 Å². The predicted molar refractivity (Wildman–Crippen MR) is 114 cm³/mol. The Morgan fingerprint density at radius 3 is 2.83 bits per heavy atom. The van der Waals surface area contributed by atoms with Crippen LogP contribution in [0.15, 0.2) is 57.3 Å². The minimum atomic E-state index is -0.256. The molecule has 0 spiro atoms. The van der Waals surface area contributed by atoms with Gasteiger partial charge in [-0.05, 0) is 52.2 Å². The van der Waals surface area contributed by atoms with Crippen molar-refractivity contribution < 1.29 is 13.9 Å². The first-order valence-corrected chi connectivity index (χ1v) is 10.7. The van der Waals surface area contributed by atoms with Crippen molar-refractivity contribution in [1.29, 1.82) is 0 Å². The fourth-order valence-electron chi connectivity index (χ4n) is 3.22. The molecule has 1 aliphatic heterocycles. The number of hydrogen-bond donors (Lipinski definition) is 1. The van der Waals surface area contributed by atoms with E-state index in [1.54, 1.807) is 6.07 Å². The molecule has 2 aromatic heterocycles. The number of nitrogens with zero attached hydrogens (tertiary/aromatic N) is 4. The lowest BCUT2D eigenvalue weighted by Gasteiger charge is -2.10. The molecule has 0 bridgehead atoms. The molecule has 4 aromatic rings. The fraction of sp³-hybridized carbons (Fsp3) is 0.150. The van der Waals surface area contributed by atoms with Gasteiger partial charge < -0.3 is 19.8 Å². The zero-order chi connectivity index (χ0) is 20.7. The first-order chi connectivity index (χ1) is 14.6. The van der Waals surface area contributed by atoms with E-state index in [0.29, 0.717) is 46.6 Å². The summed E-state index contributed by atoms with van der Waals surface area (Å²) in [6.45, 7) is 0.759. The Bertz CT molecular complexity index is 1270. The monoisotopic (exact) mass is 487 g/mol. The van der Waals surface area contributed by atoms with Crippen LogP contribution in [0, 0.1) is 5.82 Å². The Morgan fingerprint density at radius 1 is 1.17 bits per heavy atom. The molecule has 10 heteroatoms. The number of anilines is 1. The van der Waals surface area contributed by atoms with Crippen molar-refractivity contribution in [1.82, 2.24) is 19.5 Å². The number of rotatable bonds is 5. The second-order valence-electron chi connectivity index (χ2n) is 6.60. The number of benzene rings is 2. The summed E-state index contributed by atoms with van der Waals surface area (Å²) < 4.78 is 27.3. The van der Waals surface area contributed by atoms with Crippen molar-refractivity contribution in [3.63, 3.8) is 0 Å². The highest BCUT2D eigenvalue weighted by Gasteiger charge is 2.20. The van der Waals surface area contributed by atoms with E-state index in [1.165, 1.54) is 30.2 Å². The van der Waals surface area contributed by atoms with Gasteiger partial charge >= 0.3 is 0 Å². The van der Waals surface area contributed by atoms with Crippen LogP contribution in [0.1, 0.15) is 5.56 Å². The van der Waals surface area contributed by atoms with Crippen LogP contribution in [0.4, 0.5) is 10.2 Å². The van der Waals surface area contributed by atoms with E-state index < -0.39 is 0 Å². The third-order valence-electron chi connectivity index (χ3n) is 4.67. The summed E-state index contributed by atoms with van der Waals surface area (Å²) >= 11 is 5.04. The van der Waals surface area contributed by atoms with Crippen molar-refractivity contribution in [2.24, 2.45) is 0 Å². The van der Waals surface area contributed by atoms with Gasteiger partial charge in [0.15, 0.2) is 33.6 Å². The maximum absolute atomic E-state index is 13.6. The summed E-state index contributed by atoms with van der Waals surface area (Å²) in [5.41, 5.74) is 8.09. The Kier molecular flexibility index (Phi) is 4.95. The predicted octanol–water partition coefficient (Wildman–Crippen LogP) is 4.43. The molecule has 2 aromatic carbocycles. The topological polar surface area (TPSA) is 88.1 Å². The summed E-state index contributed by atoms with van der Waals surface area (Å²) in [6, 6.07) is 10.3. The molecule has 0 fully saturated rings. The lowest BCUT2D eigenvalue weighted by molar-refractivity contribution is 0.174. The first kappa shape index (κ1) is 19.1. The smallest absolute Gasteiger partial charge is 0.231 e. The highest BCUT2D eigenvalue weighted by Crippen LogP contribution is 2.43. The molecule has 0 amide bonds. The van der Waals surface area contributed by atoms with Gasteiger partial charge in [-0.15, -0.1) is 0 Å². The SMILES string of the molecule is Nc1ncnc2c1nc(Sc1cc3c(cc1Br)OCO3)n2CCc1cccc(F)c1. The van der Waals surface area contributed by atoms with Gasteiger partial charge in [0.05, 0.1) is 0 Å². The number of halogens is 2. The maximum atomic E-state index is 13.6. The summed E-state index contributed by atoms with van der Waals surface area (Å²) in [5.74, 6) is 1.44. The van der Waals surface area contributed by atoms with Gasteiger partial charge in [-0.2, -0.15) is 0 Å². The van der Waals surface area contributed by atoms with E-state index in [4.69, 9.17) is 15.2 Å². The number of ether oxygens (including phenoxy) is 2. The van der Waals surface area contributed by atoms with Crippen LogP contribution in [-0.2, 0) is 13.0 Å². The highest BCUT2D eigenvalue weighted by molar-refractivity contribution is 9.10. The van der Waals surface area contributed by atoms with E-state index >= 15 is 0 Å². The summed E-state index contributed by atoms with van der Waals surface area (Å²) in [5, 5.41) is 0.702. The number of imidazole rings is 1. The van der Waals surface area contributed by atoms with E-state index in [0.717, 1.165) is 14.9 Å². The van der Waals surface area contributed by atoms with Gasteiger partial charge in [-0.3, -0.25) is 0 Å². The van der Waals surface area contributed by atoms with Crippen molar-refractivity contribution in [3.8, 4) is 11.5 Å². The number of nitrogen functional groups attached to an aromatic ring is 1. The Balaban J connectivity index is 1.53. The lowest BCUT2D eigenvalue weighted by Crippen LogP contribution is -2.04. The van der Waals surface area contributed by atoms with Crippen molar-refractivity contribution >= 4 is 44.7 Å². The van der Waals surface area contributed by atoms with Crippen molar-refractivity contribution in [2.75, 3.05) is 12.5 Å². The van der Waals surface area contributed by atoms with E-state index in [9.17, 15) is 4.39 Å². The van der Waals surface area contributed by atoms with E-state index in [2.05, 4.69) is 30.9 Å². The molecule has 0 aliphatic carbocycles. The highest BCUT2D eigenvalue weighted by atomic mass is 79.9. The van der Waals surface area contributed by atoms with E-state index in [1.807, 2.05) is 22.8 Å². The molecule has 0 atom stereocenters. The van der Waals surface area contributed by atoms with Crippen LogP contribution in [0.5, 0.6) is 11.5 Å². The van der Waals surface area contributed by atoms with Crippen LogP contribution < -0.4 is 15.2 Å². The lowest BCUT2D eigenvalue weighted by atomic mass is 10.1.